The van der Waals surface area contributed by atoms with Crippen molar-refractivity contribution in [2.45, 2.75) is 56.9 Å². The normalized spacial score (nSPS) is 27.6. The summed E-state index contributed by atoms with van der Waals surface area (Å²) >= 11 is 0. The average molecular weight is 406 g/mol. The largest absolute Gasteiger partial charge is 0.507 e. The van der Waals surface area contributed by atoms with Gasteiger partial charge >= 0.3 is 0 Å². The molecule has 30 heavy (non-hydrogen) atoms. The zero-order chi connectivity index (χ0) is 20.4. The maximum absolute atomic E-state index is 15.1. The van der Waals surface area contributed by atoms with Crippen molar-refractivity contribution in [3.8, 4) is 17.0 Å². The van der Waals surface area contributed by atoms with Crippen LogP contribution < -0.4 is 10.2 Å². The van der Waals surface area contributed by atoms with Gasteiger partial charge < -0.3 is 15.3 Å². The van der Waals surface area contributed by atoms with Crippen LogP contribution in [-0.2, 0) is 6.42 Å². The maximum Gasteiger partial charge on any atom is 0.154 e. The molecule has 0 amide bonds. The molecule has 2 aromatic heterocycles. The molecule has 0 radical (unpaired) electrons. The van der Waals surface area contributed by atoms with Gasteiger partial charge in [0, 0.05) is 42.0 Å². The number of benzene rings is 1. The predicted molar refractivity (Wildman–Crippen MR) is 111 cm³/mol. The van der Waals surface area contributed by atoms with E-state index in [-0.39, 0.29) is 17.8 Å². The summed E-state index contributed by atoms with van der Waals surface area (Å²) < 4.78 is 15.1. The Morgan fingerprint density at radius 3 is 2.97 bits per heavy atom. The zero-order valence-corrected chi connectivity index (χ0v) is 16.7. The molecular weight excluding hydrogens is 383 g/mol. The van der Waals surface area contributed by atoms with Gasteiger partial charge in [0.2, 0.25) is 0 Å². The number of rotatable bonds is 2. The molecule has 6 rings (SSSR count). The molecule has 3 aliphatic rings. The molecule has 154 valence electrons. The quantitative estimate of drug-likeness (QED) is 0.677. The van der Waals surface area contributed by atoms with Gasteiger partial charge in [0.15, 0.2) is 5.82 Å². The van der Waals surface area contributed by atoms with Crippen LogP contribution in [0.25, 0.3) is 22.3 Å². The highest BCUT2D eigenvalue weighted by Crippen LogP contribution is 2.39. The Morgan fingerprint density at radius 1 is 1.17 bits per heavy atom. The minimum absolute atomic E-state index is 0.0377. The fourth-order valence-corrected chi connectivity index (χ4v) is 5.27. The summed E-state index contributed by atoms with van der Waals surface area (Å²) in [4.78, 5) is 10.9. The lowest BCUT2D eigenvalue weighted by molar-refractivity contribution is 0.174. The van der Waals surface area contributed by atoms with Crippen LogP contribution in [0.4, 0.5) is 10.2 Å². The third kappa shape index (κ3) is 2.74. The first-order valence-electron chi connectivity index (χ1n) is 10.6. The minimum Gasteiger partial charge on any atom is -0.507 e. The molecule has 3 aromatic rings. The SMILES string of the molecule is Cc1cnc2cc(-c3cc4c(nn3)N(C3C[C@H]5CCC(N5)[C@@H]3F)CC4)c(O)cc2n1. The van der Waals surface area contributed by atoms with Crippen molar-refractivity contribution in [3.05, 3.63) is 35.7 Å². The molecule has 2 unspecified atom stereocenters. The van der Waals surface area contributed by atoms with Crippen LogP contribution in [0.5, 0.6) is 5.75 Å². The Labute approximate surface area is 173 Å². The molecule has 1 aromatic carbocycles. The lowest BCUT2D eigenvalue weighted by atomic mass is 9.96. The standard InChI is InChI=1S/C22H23FN6O/c1-11-10-24-17-8-14(20(30)9-18(17)25-11)16-6-12-4-5-29(22(12)28-27-16)19-7-13-2-3-15(26-13)21(19)23/h6,8-10,13,15,19,21,26,30H,2-5,7H2,1H3/t13-,15?,19?,21+/m1/s1. The van der Waals surface area contributed by atoms with Gasteiger partial charge in [-0.1, -0.05) is 0 Å². The van der Waals surface area contributed by atoms with Gasteiger partial charge in [0.05, 0.1) is 28.5 Å². The maximum atomic E-state index is 15.1. The number of hydrogen-bond acceptors (Lipinski definition) is 7. The summed E-state index contributed by atoms with van der Waals surface area (Å²) in [5.41, 5.74) is 4.36. The molecule has 2 N–H and O–H groups in total. The van der Waals surface area contributed by atoms with Crippen molar-refractivity contribution in [1.29, 1.82) is 0 Å². The summed E-state index contributed by atoms with van der Waals surface area (Å²) in [7, 11) is 0. The number of hydrogen-bond donors (Lipinski definition) is 2. The summed E-state index contributed by atoms with van der Waals surface area (Å²) in [6.07, 6.45) is 4.40. The molecule has 2 bridgehead atoms. The number of phenolic OH excluding ortho intramolecular Hbond substituents is 1. The first-order valence-corrected chi connectivity index (χ1v) is 10.6. The van der Waals surface area contributed by atoms with E-state index >= 15 is 4.39 Å². The zero-order valence-electron chi connectivity index (χ0n) is 16.7. The highest BCUT2D eigenvalue weighted by atomic mass is 19.1. The fourth-order valence-electron chi connectivity index (χ4n) is 5.27. The monoisotopic (exact) mass is 406 g/mol. The number of phenols is 1. The Morgan fingerprint density at radius 2 is 2.07 bits per heavy atom. The van der Waals surface area contributed by atoms with E-state index in [1.807, 2.05) is 13.0 Å². The topological polar surface area (TPSA) is 87.1 Å². The van der Waals surface area contributed by atoms with E-state index in [9.17, 15) is 5.11 Å². The molecular formula is C22H23FN6O. The lowest BCUT2D eigenvalue weighted by Gasteiger charge is -2.39. The first kappa shape index (κ1) is 17.9. The molecule has 2 saturated heterocycles. The van der Waals surface area contributed by atoms with Gasteiger partial charge in [-0.3, -0.25) is 4.98 Å². The van der Waals surface area contributed by atoms with E-state index in [0.717, 1.165) is 49.3 Å². The van der Waals surface area contributed by atoms with Crippen molar-refractivity contribution in [3.63, 3.8) is 0 Å². The predicted octanol–water partition coefficient (Wildman–Crippen LogP) is 2.69. The van der Waals surface area contributed by atoms with Gasteiger partial charge in [0.1, 0.15) is 11.9 Å². The Bertz CT molecular complexity index is 1150. The van der Waals surface area contributed by atoms with Crippen LogP contribution in [0.2, 0.25) is 0 Å². The minimum atomic E-state index is -0.886. The number of aromatic nitrogens is 4. The smallest absolute Gasteiger partial charge is 0.154 e. The summed E-state index contributed by atoms with van der Waals surface area (Å²) in [6, 6.07) is 5.60. The number of anilines is 1. The van der Waals surface area contributed by atoms with E-state index in [4.69, 9.17) is 0 Å². The number of nitrogens with one attached hydrogen (secondary N) is 1. The Balaban J connectivity index is 1.35. The van der Waals surface area contributed by atoms with Crippen LogP contribution in [0, 0.1) is 6.92 Å². The molecule has 3 aliphatic heterocycles. The summed E-state index contributed by atoms with van der Waals surface area (Å²) in [5, 5.41) is 22.8. The van der Waals surface area contributed by atoms with Crippen LogP contribution in [0.1, 0.15) is 30.5 Å². The number of halogens is 1. The van der Waals surface area contributed by atoms with Crippen LogP contribution in [0.3, 0.4) is 0 Å². The summed E-state index contributed by atoms with van der Waals surface area (Å²) in [5.74, 6) is 0.883. The highest BCUT2D eigenvalue weighted by molar-refractivity contribution is 5.84. The number of fused-ring (bicyclic) bond motifs is 4. The summed E-state index contributed by atoms with van der Waals surface area (Å²) in [6.45, 7) is 2.62. The first-order chi connectivity index (χ1) is 14.6. The molecule has 2 fully saturated rings. The molecule has 0 saturated carbocycles. The molecule has 7 nitrogen and oxygen atoms in total. The van der Waals surface area contributed by atoms with Gasteiger partial charge in [0.25, 0.3) is 0 Å². The van der Waals surface area contributed by atoms with Crippen LogP contribution in [0.15, 0.2) is 24.4 Å². The van der Waals surface area contributed by atoms with Crippen LogP contribution >= 0.6 is 0 Å². The van der Waals surface area contributed by atoms with Crippen LogP contribution in [-0.4, -0.2) is 56.1 Å². The Hall–Kier alpha value is -2.87. The number of nitrogens with zero attached hydrogens (tertiary/aromatic N) is 5. The second-order valence-electron chi connectivity index (χ2n) is 8.69. The average Bonchev–Trinajstić information content (AvgIpc) is 3.34. The molecule has 0 aliphatic carbocycles. The van der Waals surface area contributed by atoms with Crippen molar-refractivity contribution in [2.75, 3.05) is 11.4 Å². The van der Waals surface area contributed by atoms with Crippen molar-refractivity contribution in [1.82, 2.24) is 25.5 Å². The number of aryl methyl sites for hydroxylation is 1. The molecule has 8 heteroatoms. The lowest BCUT2D eigenvalue weighted by Crippen LogP contribution is -2.56. The van der Waals surface area contributed by atoms with E-state index in [0.29, 0.717) is 28.3 Å². The van der Waals surface area contributed by atoms with Gasteiger partial charge in [-0.05, 0) is 44.7 Å². The Kier molecular flexibility index (Phi) is 3.93. The van der Waals surface area contributed by atoms with E-state index in [2.05, 4.69) is 30.4 Å². The second-order valence-corrected chi connectivity index (χ2v) is 8.69. The fraction of sp³-hybridized carbons (Fsp3) is 0.455. The highest BCUT2D eigenvalue weighted by Gasteiger charge is 2.46. The second kappa shape index (κ2) is 6.57. The van der Waals surface area contributed by atoms with E-state index in [1.165, 1.54) is 0 Å². The van der Waals surface area contributed by atoms with Crippen molar-refractivity contribution >= 4 is 16.9 Å². The van der Waals surface area contributed by atoms with E-state index in [1.54, 1.807) is 18.3 Å². The van der Waals surface area contributed by atoms with Crippen molar-refractivity contribution < 1.29 is 9.50 Å². The third-order valence-corrected chi connectivity index (χ3v) is 6.76. The van der Waals surface area contributed by atoms with E-state index < -0.39 is 6.17 Å². The molecule has 5 heterocycles. The number of aromatic hydroxyl groups is 1. The number of alkyl halides is 1. The third-order valence-electron chi connectivity index (χ3n) is 6.76. The molecule has 0 spiro atoms. The number of piperidine rings is 1. The van der Waals surface area contributed by atoms with Gasteiger partial charge in [-0.15, -0.1) is 10.2 Å². The van der Waals surface area contributed by atoms with Gasteiger partial charge in [-0.25, -0.2) is 9.37 Å². The van der Waals surface area contributed by atoms with Crippen molar-refractivity contribution in [2.24, 2.45) is 0 Å². The van der Waals surface area contributed by atoms with Gasteiger partial charge in [-0.2, -0.15) is 0 Å². The molecule has 4 atom stereocenters.